The first-order chi connectivity index (χ1) is 15.2. The molecule has 10 nitrogen and oxygen atoms in total. The van der Waals surface area contributed by atoms with Crippen LogP contribution in [-0.4, -0.2) is 24.9 Å². The van der Waals surface area contributed by atoms with Crippen LogP contribution in [0.1, 0.15) is 15.9 Å². The summed E-state index contributed by atoms with van der Waals surface area (Å²) in [5.41, 5.74) is 0.0684. The molecule has 11 heteroatoms. The summed E-state index contributed by atoms with van der Waals surface area (Å²) in [5, 5.41) is 13.5. The molecule has 0 saturated heterocycles. The number of rotatable bonds is 4. The van der Waals surface area contributed by atoms with Crippen LogP contribution in [0.3, 0.4) is 0 Å². The molecule has 2 aromatic heterocycles. The van der Waals surface area contributed by atoms with E-state index in [9.17, 15) is 24.5 Å². The molecule has 0 bridgehead atoms. The molecule has 4 aromatic rings. The lowest BCUT2D eigenvalue weighted by Crippen LogP contribution is -2.34. The molecule has 0 radical (unpaired) electrons. The molecule has 0 saturated carbocycles. The average molecular weight is 454 g/mol. The van der Waals surface area contributed by atoms with Crippen molar-refractivity contribution >= 4 is 39.9 Å². The number of halogens is 1. The largest absolute Gasteiger partial charge is 0.344 e. The first kappa shape index (κ1) is 21.1. The number of nitro groups is 1. The summed E-state index contributed by atoms with van der Waals surface area (Å²) >= 11 is 5.80. The fraction of sp³-hybridized carbons (Fsp3) is 0.0952. The zero-order valence-electron chi connectivity index (χ0n) is 16.9. The van der Waals surface area contributed by atoms with E-state index in [2.05, 4.69) is 10.3 Å². The summed E-state index contributed by atoms with van der Waals surface area (Å²) in [4.78, 5) is 51.7. The monoisotopic (exact) mass is 453 g/mol. The molecule has 0 aliphatic rings. The van der Waals surface area contributed by atoms with Gasteiger partial charge in [-0.25, -0.2) is 9.36 Å². The number of hydrogen-bond donors (Lipinski definition) is 2. The molecule has 0 aliphatic carbocycles. The minimum atomic E-state index is -0.700. The highest BCUT2D eigenvalue weighted by Crippen LogP contribution is 2.28. The van der Waals surface area contributed by atoms with Crippen LogP contribution in [0.5, 0.6) is 0 Å². The van der Waals surface area contributed by atoms with Gasteiger partial charge >= 0.3 is 5.69 Å². The zero-order valence-corrected chi connectivity index (χ0v) is 17.6. The Kier molecular flexibility index (Phi) is 5.15. The van der Waals surface area contributed by atoms with Crippen LogP contribution in [0.2, 0.25) is 5.02 Å². The van der Waals surface area contributed by atoms with Crippen molar-refractivity contribution in [3.05, 3.63) is 95.8 Å². The van der Waals surface area contributed by atoms with Crippen molar-refractivity contribution in [1.82, 2.24) is 14.1 Å². The number of carbonyl (C=O) groups excluding carboxylic acids is 1. The van der Waals surface area contributed by atoms with E-state index in [0.29, 0.717) is 5.69 Å². The van der Waals surface area contributed by atoms with Crippen molar-refractivity contribution in [1.29, 1.82) is 0 Å². The van der Waals surface area contributed by atoms with E-state index in [-0.39, 0.29) is 33.0 Å². The molecule has 2 aromatic carbocycles. The summed E-state index contributed by atoms with van der Waals surface area (Å²) in [5.74, 6) is -0.657. The van der Waals surface area contributed by atoms with Crippen LogP contribution in [0, 0.1) is 17.0 Å². The maximum atomic E-state index is 13.1. The molecule has 2 N–H and O–H groups in total. The van der Waals surface area contributed by atoms with E-state index in [1.165, 1.54) is 22.9 Å². The summed E-state index contributed by atoms with van der Waals surface area (Å²) in [6, 6.07) is 10.7. The highest BCUT2D eigenvalue weighted by molar-refractivity contribution is 6.32. The van der Waals surface area contributed by atoms with Gasteiger partial charge in [-0.3, -0.25) is 19.7 Å². The number of aryl methyl sites for hydroxylation is 2. The van der Waals surface area contributed by atoms with Gasteiger partial charge in [0, 0.05) is 25.0 Å². The van der Waals surface area contributed by atoms with E-state index in [4.69, 9.17) is 11.6 Å². The van der Waals surface area contributed by atoms with Crippen molar-refractivity contribution in [2.24, 2.45) is 7.05 Å². The maximum Gasteiger partial charge on any atom is 0.333 e. The maximum absolute atomic E-state index is 13.1. The van der Waals surface area contributed by atoms with Gasteiger partial charge in [0.15, 0.2) is 0 Å². The molecule has 0 atom stereocenters. The second-order valence-corrected chi connectivity index (χ2v) is 7.57. The third kappa shape index (κ3) is 3.56. The van der Waals surface area contributed by atoms with Crippen LogP contribution in [0.15, 0.2) is 58.3 Å². The van der Waals surface area contributed by atoms with E-state index in [1.54, 1.807) is 31.3 Å². The summed E-state index contributed by atoms with van der Waals surface area (Å²) in [6.45, 7) is 1.89. The average Bonchev–Trinajstić information content (AvgIpc) is 3.07. The Labute approximate surface area is 184 Å². The lowest BCUT2D eigenvalue weighted by molar-refractivity contribution is -0.384. The van der Waals surface area contributed by atoms with Crippen LogP contribution < -0.4 is 16.6 Å². The lowest BCUT2D eigenvalue weighted by Gasteiger charge is -2.07. The molecule has 162 valence electrons. The quantitative estimate of drug-likeness (QED) is 0.362. The van der Waals surface area contributed by atoms with Gasteiger partial charge in [0.05, 0.1) is 21.7 Å². The first-order valence-corrected chi connectivity index (χ1v) is 9.72. The second kappa shape index (κ2) is 7.82. The predicted octanol–water partition coefficient (Wildman–Crippen LogP) is 3.14. The zero-order chi connectivity index (χ0) is 23.2. The number of anilines is 1. The van der Waals surface area contributed by atoms with Gasteiger partial charge < -0.3 is 14.9 Å². The summed E-state index contributed by atoms with van der Waals surface area (Å²) in [7, 11) is 1.57. The minimum absolute atomic E-state index is 0.0327. The van der Waals surface area contributed by atoms with Crippen molar-refractivity contribution in [2.75, 3.05) is 5.32 Å². The number of benzene rings is 2. The van der Waals surface area contributed by atoms with Gasteiger partial charge in [0.25, 0.3) is 17.2 Å². The van der Waals surface area contributed by atoms with Crippen molar-refractivity contribution in [3.8, 4) is 5.69 Å². The summed E-state index contributed by atoms with van der Waals surface area (Å²) < 4.78 is 2.43. The van der Waals surface area contributed by atoms with Gasteiger partial charge in [-0.2, -0.15) is 0 Å². The van der Waals surface area contributed by atoms with Gasteiger partial charge in [-0.15, -0.1) is 0 Å². The number of nitro benzene ring substituents is 1. The van der Waals surface area contributed by atoms with Gasteiger partial charge in [-0.1, -0.05) is 29.3 Å². The molecule has 0 aliphatic heterocycles. The Hall–Kier alpha value is -4.18. The van der Waals surface area contributed by atoms with Crippen molar-refractivity contribution in [3.63, 3.8) is 0 Å². The Morgan fingerprint density at radius 2 is 1.84 bits per heavy atom. The Morgan fingerprint density at radius 3 is 2.50 bits per heavy atom. The van der Waals surface area contributed by atoms with E-state index < -0.39 is 22.1 Å². The molecular formula is C21H16ClN5O5. The van der Waals surface area contributed by atoms with Crippen LogP contribution in [-0.2, 0) is 7.05 Å². The van der Waals surface area contributed by atoms with Crippen LogP contribution >= 0.6 is 11.6 Å². The Morgan fingerprint density at radius 1 is 1.16 bits per heavy atom. The lowest BCUT2D eigenvalue weighted by atomic mass is 10.2. The molecule has 4 rings (SSSR count). The van der Waals surface area contributed by atoms with E-state index in [0.717, 1.165) is 16.2 Å². The number of aromatic amines is 1. The molecule has 0 unspecified atom stereocenters. The van der Waals surface area contributed by atoms with Crippen LogP contribution in [0.25, 0.3) is 16.7 Å². The number of nitrogens with zero attached hydrogens (tertiary/aromatic N) is 3. The van der Waals surface area contributed by atoms with E-state index in [1.807, 2.05) is 6.92 Å². The fourth-order valence-electron chi connectivity index (χ4n) is 3.40. The number of aromatic nitrogens is 3. The fourth-order valence-corrected chi connectivity index (χ4v) is 3.59. The third-order valence-electron chi connectivity index (χ3n) is 4.96. The SMILES string of the molecule is Cc1ccc(-n2c(=O)[nH]c3c(C(=O)Nc4ccc(Cl)c([N+](=O)[O-])c4)cn(C)c3c2=O)cc1. The Balaban J connectivity index is 1.80. The number of nitrogens with one attached hydrogen (secondary N) is 2. The highest BCUT2D eigenvalue weighted by atomic mass is 35.5. The second-order valence-electron chi connectivity index (χ2n) is 7.16. The number of amides is 1. The molecule has 1 amide bonds. The van der Waals surface area contributed by atoms with Gasteiger partial charge in [0.2, 0.25) is 0 Å². The highest BCUT2D eigenvalue weighted by Gasteiger charge is 2.21. The molecular weight excluding hydrogens is 438 g/mol. The van der Waals surface area contributed by atoms with Crippen molar-refractivity contribution < 1.29 is 9.72 Å². The predicted molar refractivity (Wildman–Crippen MR) is 120 cm³/mol. The Bertz CT molecular complexity index is 1510. The molecule has 0 spiro atoms. The smallest absolute Gasteiger partial charge is 0.333 e. The first-order valence-electron chi connectivity index (χ1n) is 9.34. The normalized spacial score (nSPS) is 11.0. The topological polar surface area (TPSA) is 132 Å². The molecule has 32 heavy (non-hydrogen) atoms. The summed E-state index contributed by atoms with van der Waals surface area (Å²) in [6.07, 6.45) is 1.40. The van der Waals surface area contributed by atoms with Crippen molar-refractivity contribution in [2.45, 2.75) is 6.92 Å². The van der Waals surface area contributed by atoms with Crippen LogP contribution in [0.4, 0.5) is 11.4 Å². The van der Waals surface area contributed by atoms with Gasteiger partial charge in [0.1, 0.15) is 10.5 Å². The number of H-pyrrole nitrogens is 1. The number of hydrogen-bond acceptors (Lipinski definition) is 5. The number of carbonyl (C=O) groups is 1. The van der Waals surface area contributed by atoms with E-state index >= 15 is 0 Å². The molecule has 2 heterocycles. The number of fused-ring (bicyclic) bond motifs is 1. The third-order valence-corrected chi connectivity index (χ3v) is 5.28. The van der Waals surface area contributed by atoms with Gasteiger partial charge in [-0.05, 0) is 31.2 Å². The minimum Gasteiger partial charge on any atom is -0.344 e. The standard InChI is InChI=1S/C21H16ClN5O5/c1-11-3-6-13(7-4-11)26-20(29)18-17(24-21(26)30)14(10-25(18)2)19(28)23-12-5-8-15(22)16(9-12)27(31)32/h3-10H,1-2H3,(H,23,28)(H,24,30). The molecule has 0 fully saturated rings.